The van der Waals surface area contributed by atoms with Crippen molar-refractivity contribution in [1.82, 2.24) is 14.9 Å². The lowest BCUT2D eigenvalue weighted by atomic mass is 9.85. The highest BCUT2D eigenvalue weighted by molar-refractivity contribution is 6.05. The van der Waals surface area contributed by atoms with Gasteiger partial charge in [0.1, 0.15) is 0 Å². The largest absolute Gasteiger partial charge is 0.324 e. The van der Waals surface area contributed by atoms with Crippen molar-refractivity contribution >= 4 is 34.7 Å². The number of imide groups is 1. The highest BCUT2D eigenvalue weighted by Crippen LogP contribution is 2.35. The number of H-pyrrole nitrogens is 1. The number of carbonyl (C=O) groups is 3. The monoisotopic (exact) mass is 338 g/mol. The number of imidazole rings is 1. The molecular weight excluding hydrogens is 320 g/mol. The Bertz CT molecular complexity index is 826. The quantitative estimate of drug-likeness (QED) is 0.657. The normalized spacial score (nSPS) is 22.5. The Hall–Kier alpha value is -2.96. The minimum absolute atomic E-state index is 0.0569. The van der Waals surface area contributed by atoms with Crippen molar-refractivity contribution < 1.29 is 14.4 Å². The van der Waals surface area contributed by atoms with Gasteiger partial charge in [-0.2, -0.15) is 0 Å². The fourth-order valence-corrected chi connectivity index (χ4v) is 3.51. The molecule has 0 bridgehead atoms. The molecule has 7 heteroatoms. The molecule has 3 amide bonds. The maximum atomic E-state index is 12.4. The third-order valence-electron chi connectivity index (χ3n) is 4.81. The number of nitrogens with one attached hydrogen (secondary N) is 2. The molecule has 1 fully saturated rings. The molecule has 0 spiro atoms. The van der Waals surface area contributed by atoms with Crippen LogP contribution in [0, 0.1) is 11.8 Å². The maximum Gasteiger partial charge on any atom is 0.233 e. The predicted octanol–water partition coefficient (Wildman–Crippen LogP) is 1.84. The number of para-hydroxylation sites is 2. The van der Waals surface area contributed by atoms with E-state index in [9.17, 15) is 14.4 Å². The average molecular weight is 338 g/mol. The molecule has 2 atom stereocenters. The first-order valence-electron chi connectivity index (χ1n) is 8.38. The van der Waals surface area contributed by atoms with Crippen LogP contribution in [0.2, 0.25) is 0 Å². The molecule has 128 valence electrons. The number of aromatic nitrogens is 2. The minimum Gasteiger partial charge on any atom is -0.324 e. The smallest absolute Gasteiger partial charge is 0.233 e. The Morgan fingerprint density at radius 2 is 1.84 bits per heavy atom. The third kappa shape index (κ3) is 2.82. The summed E-state index contributed by atoms with van der Waals surface area (Å²) in [5.74, 6) is -0.741. The molecule has 1 aromatic heterocycles. The van der Waals surface area contributed by atoms with Gasteiger partial charge < -0.3 is 4.98 Å². The summed E-state index contributed by atoms with van der Waals surface area (Å²) in [6.07, 6.45) is 5.17. The molecule has 0 unspecified atom stereocenters. The molecule has 2 N–H and O–H groups in total. The summed E-state index contributed by atoms with van der Waals surface area (Å²) in [4.78, 5) is 45.4. The van der Waals surface area contributed by atoms with Crippen molar-refractivity contribution in [3.8, 4) is 0 Å². The zero-order valence-electron chi connectivity index (χ0n) is 13.6. The summed E-state index contributed by atoms with van der Waals surface area (Å²) in [7, 11) is 0. The van der Waals surface area contributed by atoms with Gasteiger partial charge in [-0.05, 0) is 25.0 Å². The lowest BCUT2D eigenvalue weighted by Crippen LogP contribution is -2.34. The van der Waals surface area contributed by atoms with Crippen LogP contribution in [0.3, 0.4) is 0 Å². The summed E-state index contributed by atoms with van der Waals surface area (Å²) < 4.78 is 0. The summed E-state index contributed by atoms with van der Waals surface area (Å²) >= 11 is 0. The van der Waals surface area contributed by atoms with Crippen molar-refractivity contribution in [3.63, 3.8) is 0 Å². The highest BCUT2D eigenvalue weighted by atomic mass is 16.2. The van der Waals surface area contributed by atoms with Gasteiger partial charge in [-0.3, -0.25) is 24.6 Å². The number of fused-ring (bicyclic) bond motifs is 2. The van der Waals surface area contributed by atoms with E-state index < -0.39 is 0 Å². The number of aromatic amines is 1. The topological polar surface area (TPSA) is 95.2 Å². The van der Waals surface area contributed by atoms with E-state index in [0.29, 0.717) is 18.8 Å². The van der Waals surface area contributed by atoms with Crippen molar-refractivity contribution in [3.05, 3.63) is 36.4 Å². The number of benzene rings is 1. The van der Waals surface area contributed by atoms with Crippen molar-refractivity contribution in [2.24, 2.45) is 11.8 Å². The van der Waals surface area contributed by atoms with Crippen molar-refractivity contribution in [2.75, 3.05) is 11.9 Å². The zero-order chi connectivity index (χ0) is 17.4. The molecule has 2 aliphatic rings. The second-order valence-electron chi connectivity index (χ2n) is 6.38. The number of rotatable bonds is 4. The summed E-state index contributed by atoms with van der Waals surface area (Å²) in [5, 5.41) is 2.68. The van der Waals surface area contributed by atoms with Crippen LogP contribution in [-0.2, 0) is 14.4 Å². The fourth-order valence-electron chi connectivity index (χ4n) is 3.51. The first kappa shape index (κ1) is 15.6. The lowest BCUT2D eigenvalue weighted by molar-refractivity contribution is -0.140. The van der Waals surface area contributed by atoms with Crippen LogP contribution >= 0.6 is 0 Å². The number of likely N-dealkylation sites (tertiary alicyclic amines) is 1. The molecule has 1 aromatic carbocycles. The highest BCUT2D eigenvalue weighted by Gasteiger charge is 2.46. The van der Waals surface area contributed by atoms with Gasteiger partial charge in [0.2, 0.25) is 23.7 Å². The number of hydrogen-bond acceptors (Lipinski definition) is 4. The van der Waals surface area contributed by atoms with Gasteiger partial charge in [-0.25, -0.2) is 4.98 Å². The molecular formula is C18H18N4O3. The van der Waals surface area contributed by atoms with Crippen molar-refractivity contribution in [1.29, 1.82) is 0 Å². The summed E-state index contributed by atoms with van der Waals surface area (Å²) in [5.41, 5.74) is 1.60. The number of carbonyl (C=O) groups excluding carboxylic acids is 3. The molecule has 2 heterocycles. The Morgan fingerprint density at radius 3 is 2.52 bits per heavy atom. The van der Waals surface area contributed by atoms with E-state index in [0.717, 1.165) is 11.0 Å². The van der Waals surface area contributed by atoms with E-state index in [4.69, 9.17) is 0 Å². The van der Waals surface area contributed by atoms with Crippen LogP contribution in [-0.4, -0.2) is 39.1 Å². The van der Waals surface area contributed by atoms with Crippen molar-refractivity contribution in [2.45, 2.75) is 19.3 Å². The Balaban J connectivity index is 1.37. The van der Waals surface area contributed by atoms with Gasteiger partial charge in [0.25, 0.3) is 0 Å². The molecule has 1 saturated heterocycles. The molecule has 7 nitrogen and oxygen atoms in total. The maximum absolute atomic E-state index is 12.4. The zero-order valence-corrected chi connectivity index (χ0v) is 13.6. The molecule has 1 aliphatic carbocycles. The molecule has 1 aliphatic heterocycles. The van der Waals surface area contributed by atoms with Crippen LogP contribution in [0.1, 0.15) is 19.3 Å². The van der Waals surface area contributed by atoms with Gasteiger partial charge in [0.05, 0.1) is 22.9 Å². The Labute approximate surface area is 144 Å². The van der Waals surface area contributed by atoms with E-state index >= 15 is 0 Å². The second kappa shape index (κ2) is 6.16. The Morgan fingerprint density at radius 1 is 1.16 bits per heavy atom. The van der Waals surface area contributed by atoms with Crippen LogP contribution in [0.15, 0.2) is 36.4 Å². The minimum atomic E-state index is -0.285. The van der Waals surface area contributed by atoms with E-state index in [1.165, 1.54) is 4.90 Å². The van der Waals surface area contributed by atoms with E-state index in [2.05, 4.69) is 15.3 Å². The fraction of sp³-hybridized carbons (Fsp3) is 0.333. The van der Waals surface area contributed by atoms with Crippen LogP contribution in [0.25, 0.3) is 11.0 Å². The van der Waals surface area contributed by atoms with Gasteiger partial charge in [0.15, 0.2) is 0 Å². The average Bonchev–Trinajstić information content (AvgIpc) is 3.13. The van der Waals surface area contributed by atoms with Crippen LogP contribution in [0.4, 0.5) is 5.95 Å². The molecule has 2 aromatic rings. The first-order chi connectivity index (χ1) is 12.1. The second-order valence-corrected chi connectivity index (χ2v) is 6.38. The van der Waals surface area contributed by atoms with Crippen LogP contribution in [0.5, 0.6) is 0 Å². The third-order valence-corrected chi connectivity index (χ3v) is 4.81. The lowest BCUT2D eigenvalue weighted by Gasteiger charge is -2.14. The van der Waals surface area contributed by atoms with Gasteiger partial charge in [0, 0.05) is 13.0 Å². The molecule has 0 saturated carbocycles. The van der Waals surface area contributed by atoms with Gasteiger partial charge >= 0.3 is 0 Å². The standard InChI is InChI=1S/C18H18N4O3/c23-15(21-18-19-13-7-3-4-8-14(13)20-18)9-10-22-16(24)11-5-1-2-6-12(11)17(22)25/h1-4,7-8,11-12H,5-6,9-10H2,(H2,19,20,21,23)/t11-,12+. The molecule has 25 heavy (non-hydrogen) atoms. The number of nitrogens with zero attached hydrogens (tertiary/aromatic N) is 2. The summed E-state index contributed by atoms with van der Waals surface area (Å²) in [6.45, 7) is 0.108. The first-order valence-corrected chi connectivity index (χ1v) is 8.38. The SMILES string of the molecule is O=C(CCN1C(=O)[C@H]2CC=CC[C@H]2C1=O)Nc1nc2ccccc2[nH]1. The van der Waals surface area contributed by atoms with Gasteiger partial charge in [-0.15, -0.1) is 0 Å². The number of anilines is 1. The number of amides is 3. The van der Waals surface area contributed by atoms with E-state index in [1.54, 1.807) is 0 Å². The molecule has 0 radical (unpaired) electrons. The van der Waals surface area contributed by atoms with Gasteiger partial charge in [-0.1, -0.05) is 24.3 Å². The Kier molecular flexibility index (Phi) is 3.83. The predicted molar refractivity (Wildman–Crippen MR) is 91.4 cm³/mol. The molecule has 4 rings (SSSR count). The number of hydrogen-bond donors (Lipinski definition) is 2. The van der Waals surface area contributed by atoms with E-state index in [1.807, 2.05) is 36.4 Å². The number of allylic oxidation sites excluding steroid dienone is 2. The summed E-state index contributed by atoms with van der Waals surface area (Å²) in [6, 6.07) is 7.47. The van der Waals surface area contributed by atoms with Crippen LogP contribution < -0.4 is 5.32 Å². The van der Waals surface area contributed by atoms with E-state index in [-0.39, 0.29) is 42.5 Å².